The third kappa shape index (κ3) is 2.65. The van der Waals surface area contributed by atoms with Crippen LogP contribution in [0.3, 0.4) is 0 Å². The molecule has 1 atom stereocenters. The zero-order valence-electron chi connectivity index (χ0n) is 11.7. The molecule has 0 spiro atoms. The molecule has 0 radical (unpaired) electrons. The van der Waals surface area contributed by atoms with E-state index in [9.17, 15) is 0 Å². The molecule has 0 amide bonds. The average molecular weight is 272 g/mol. The molecule has 6 heteroatoms. The summed E-state index contributed by atoms with van der Waals surface area (Å²) in [6, 6.07) is 8.23. The molecule has 3 rings (SSSR count). The largest absolute Gasteiger partial charge is 0.399 e. The second kappa shape index (κ2) is 5.58. The smallest absolute Gasteiger partial charge is 0.170 e. The monoisotopic (exact) mass is 272 g/mol. The van der Waals surface area contributed by atoms with Crippen LogP contribution >= 0.6 is 0 Å². The molecule has 2 heterocycles. The summed E-state index contributed by atoms with van der Waals surface area (Å²) in [6.45, 7) is 4.17. The van der Waals surface area contributed by atoms with Gasteiger partial charge in [-0.05, 0) is 54.9 Å². The first-order chi connectivity index (χ1) is 9.74. The van der Waals surface area contributed by atoms with E-state index < -0.39 is 0 Å². The molecular formula is C14H20N6. The van der Waals surface area contributed by atoms with Crippen LogP contribution in [0, 0.1) is 0 Å². The van der Waals surface area contributed by atoms with Crippen LogP contribution in [0.5, 0.6) is 0 Å². The highest BCUT2D eigenvalue weighted by atomic mass is 15.5. The minimum atomic E-state index is 0.592. The summed E-state index contributed by atoms with van der Waals surface area (Å²) >= 11 is 0. The van der Waals surface area contributed by atoms with Crippen molar-refractivity contribution in [1.29, 1.82) is 0 Å². The maximum atomic E-state index is 5.83. The fourth-order valence-electron chi connectivity index (χ4n) is 2.74. The summed E-state index contributed by atoms with van der Waals surface area (Å²) in [7, 11) is 0. The van der Waals surface area contributed by atoms with Gasteiger partial charge in [0.25, 0.3) is 0 Å². The van der Waals surface area contributed by atoms with Crippen LogP contribution in [-0.2, 0) is 6.54 Å². The molecule has 20 heavy (non-hydrogen) atoms. The highest BCUT2D eigenvalue weighted by molar-refractivity contribution is 5.47. The Morgan fingerprint density at radius 2 is 2.25 bits per heavy atom. The molecule has 1 unspecified atom stereocenters. The Morgan fingerprint density at radius 3 is 3.05 bits per heavy atom. The lowest BCUT2D eigenvalue weighted by molar-refractivity contribution is 0.148. The number of hydrogen-bond donors (Lipinski definition) is 1. The van der Waals surface area contributed by atoms with Crippen molar-refractivity contribution in [3.05, 3.63) is 30.1 Å². The van der Waals surface area contributed by atoms with Gasteiger partial charge in [-0.1, -0.05) is 12.5 Å². The van der Waals surface area contributed by atoms with Gasteiger partial charge in [0.05, 0.1) is 12.2 Å². The van der Waals surface area contributed by atoms with Gasteiger partial charge in [-0.15, -0.1) is 5.10 Å². The second-order valence-corrected chi connectivity index (χ2v) is 5.42. The van der Waals surface area contributed by atoms with E-state index in [1.165, 1.54) is 19.3 Å². The van der Waals surface area contributed by atoms with Gasteiger partial charge < -0.3 is 5.73 Å². The first kappa shape index (κ1) is 13.1. The number of anilines is 1. The number of benzene rings is 1. The number of nitrogens with zero attached hydrogens (tertiary/aromatic N) is 5. The number of tetrazole rings is 1. The van der Waals surface area contributed by atoms with Crippen molar-refractivity contribution in [1.82, 2.24) is 25.1 Å². The van der Waals surface area contributed by atoms with Gasteiger partial charge in [-0.2, -0.15) is 4.68 Å². The molecule has 0 saturated carbocycles. The molecule has 0 bridgehead atoms. The van der Waals surface area contributed by atoms with Crippen LogP contribution in [-0.4, -0.2) is 37.7 Å². The summed E-state index contributed by atoms with van der Waals surface area (Å²) in [5, 5.41) is 12.1. The van der Waals surface area contributed by atoms with Gasteiger partial charge in [0, 0.05) is 11.7 Å². The highest BCUT2D eigenvalue weighted by Crippen LogP contribution is 2.19. The van der Waals surface area contributed by atoms with Crippen molar-refractivity contribution in [2.24, 2.45) is 0 Å². The Kier molecular flexibility index (Phi) is 3.64. The van der Waals surface area contributed by atoms with Crippen molar-refractivity contribution in [3.63, 3.8) is 0 Å². The predicted molar refractivity (Wildman–Crippen MR) is 77.3 cm³/mol. The maximum absolute atomic E-state index is 5.83. The first-order valence-corrected chi connectivity index (χ1v) is 7.11. The van der Waals surface area contributed by atoms with Gasteiger partial charge in [-0.25, -0.2) is 0 Å². The Morgan fingerprint density at radius 1 is 1.35 bits per heavy atom. The van der Waals surface area contributed by atoms with E-state index in [4.69, 9.17) is 5.73 Å². The molecule has 106 valence electrons. The number of piperidine rings is 1. The van der Waals surface area contributed by atoms with Gasteiger partial charge in [0.2, 0.25) is 0 Å². The molecule has 1 fully saturated rings. The molecule has 1 aliphatic heterocycles. The molecule has 2 aromatic rings. The summed E-state index contributed by atoms with van der Waals surface area (Å²) in [5.74, 6) is 0.865. The maximum Gasteiger partial charge on any atom is 0.170 e. The van der Waals surface area contributed by atoms with E-state index in [1.54, 1.807) is 4.68 Å². The lowest BCUT2D eigenvalue weighted by Gasteiger charge is -2.32. The van der Waals surface area contributed by atoms with Crippen LogP contribution < -0.4 is 5.73 Å². The van der Waals surface area contributed by atoms with Crippen LogP contribution in [0.25, 0.3) is 5.69 Å². The van der Waals surface area contributed by atoms with Crippen molar-refractivity contribution in [3.8, 4) is 5.69 Å². The number of rotatable bonds is 3. The quantitative estimate of drug-likeness (QED) is 0.860. The highest BCUT2D eigenvalue weighted by Gasteiger charge is 2.21. The minimum absolute atomic E-state index is 0.592. The molecule has 1 saturated heterocycles. The molecule has 0 aliphatic carbocycles. The van der Waals surface area contributed by atoms with Crippen molar-refractivity contribution >= 4 is 5.69 Å². The summed E-state index contributed by atoms with van der Waals surface area (Å²) in [5.41, 5.74) is 7.46. The van der Waals surface area contributed by atoms with Gasteiger partial charge in [-0.3, -0.25) is 4.90 Å². The van der Waals surface area contributed by atoms with Crippen molar-refractivity contribution in [2.45, 2.75) is 38.8 Å². The standard InChI is InChI=1S/C14H20N6/c1-11-5-2-3-8-19(11)10-14-16-17-18-20(14)13-7-4-6-12(15)9-13/h4,6-7,9,11H,2-3,5,8,10,15H2,1H3. The lowest BCUT2D eigenvalue weighted by Crippen LogP contribution is -2.37. The third-order valence-electron chi connectivity index (χ3n) is 3.93. The number of nitrogen functional groups attached to an aromatic ring is 1. The van der Waals surface area contributed by atoms with E-state index in [0.717, 1.165) is 30.3 Å². The zero-order valence-corrected chi connectivity index (χ0v) is 11.7. The van der Waals surface area contributed by atoms with Crippen molar-refractivity contribution in [2.75, 3.05) is 12.3 Å². The van der Waals surface area contributed by atoms with Gasteiger partial charge in [0.15, 0.2) is 5.82 Å². The van der Waals surface area contributed by atoms with E-state index in [2.05, 4.69) is 27.3 Å². The molecule has 1 aliphatic rings. The van der Waals surface area contributed by atoms with Crippen molar-refractivity contribution < 1.29 is 0 Å². The van der Waals surface area contributed by atoms with Gasteiger partial charge in [0.1, 0.15) is 0 Å². The molecule has 1 aromatic heterocycles. The van der Waals surface area contributed by atoms with Gasteiger partial charge >= 0.3 is 0 Å². The molecule has 1 aromatic carbocycles. The van der Waals surface area contributed by atoms with E-state index in [1.807, 2.05) is 24.3 Å². The first-order valence-electron chi connectivity index (χ1n) is 7.11. The summed E-state index contributed by atoms with van der Waals surface area (Å²) in [4.78, 5) is 2.44. The van der Waals surface area contributed by atoms with E-state index >= 15 is 0 Å². The Bertz CT molecular complexity index is 579. The topological polar surface area (TPSA) is 72.9 Å². The van der Waals surface area contributed by atoms with E-state index in [0.29, 0.717) is 6.04 Å². The fourth-order valence-corrected chi connectivity index (χ4v) is 2.74. The second-order valence-electron chi connectivity index (χ2n) is 5.42. The molecule has 6 nitrogen and oxygen atoms in total. The van der Waals surface area contributed by atoms with E-state index in [-0.39, 0.29) is 0 Å². The molecule has 2 N–H and O–H groups in total. The zero-order chi connectivity index (χ0) is 13.9. The third-order valence-corrected chi connectivity index (χ3v) is 3.93. The fraction of sp³-hybridized carbons (Fsp3) is 0.500. The van der Waals surface area contributed by atoms with Crippen LogP contribution in [0.2, 0.25) is 0 Å². The number of likely N-dealkylation sites (tertiary alicyclic amines) is 1. The lowest BCUT2D eigenvalue weighted by atomic mass is 10.0. The SMILES string of the molecule is CC1CCCCN1Cc1nnnn1-c1cccc(N)c1. The Balaban J connectivity index is 1.83. The predicted octanol–water partition coefficient (Wildman–Crippen LogP) is 1.62. The Labute approximate surface area is 118 Å². The Hall–Kier alpha value is -1.95. The number of hydrogen-bond acceptors (Lipinski definition) is 5. The average Bonchev–Trinajstić information content (AvgIpc) is 2.90. The number of aromatic nitrogens is 4. The summed E-state index contributed by atoms with van der Waals surface area (Å²) < 4.78 is 1.78. The normalized spacial score (nSPS) is 20.1. The number of nitrogens with two attached hydrogens (primary N) is 1. The summed E-state index contributed by atoms with van der Waals surface area (Å²) in [6.07, 6.45) is 3.82. The molecular weight excluding hydrogens is 252 g/mol. The van der Waals surface area contributed by atoms with Crippen LogP contribution in [0.15, 0.2) is 24.3 Å². The van der Waals surface area contributed by atoms with Crippen LogP contribution in [0.4, 0.5) is 5.69 Å². The minimum Gasteiger partial charge on any atom is -0.399 e. The van der Waals surface area contributed by atoms with Crippen LogP contribution in [0.1, 0.15) is 32.0 Å².